The van der Waals surface area contributed by atoms with Crippen molar-refractivity contribution in [1.29, 1.82) is 0 Å². The van der Waals surface area contributed by atoms with Gasteiger partial charge in [0.05, 0.1) is 10.9 Å². The van der Waals surface area contributed by atoms with Gasteiger partial charge in [0.2, 0.25) is 0 Å². The summed E-state index contributed by atoms with van der Waals surface area (Å²) in [5.41, 5.74) is 1.46. The molecule has 0 saturated heterocycles. The highest BCUT2D eigenvalue weighted by Crippen LogP contribution is 2.43. The van der Waals surface area contributed by atoms with E-state index in [0.717, 1.165) is 43.4 Å². The van der Waals surface area contributed by atoms with E-state index in [1.54, 1.807) is 6.07 Å². The van der Waals surface area contributed by atoms with Gasteiger partial charge in [0.1, 0.15) is 11.6 Å². The van der Waals surface area contributed by atoms with Crippen LogP contribution in [0, 0.1) is 29.5 Å². The molecule has 4 heteroatoms. The van der Waals surface area contributed by atoms with Crippen LogP contribution in [0.4, 0.5) is 4.39 Å². The highest BCUT2D eigenvalue weighted by atomic mass is 35.5. The van der Waals surface area contributed by atoms with Crippen LogP contribution in [0.3, 0.4) is 0 Å². The number of hydrogen-bond acceptors (Lipinski definition) is 2. The minimum absolute atomic E-state index is 0.0366. The largest absolute Gasteiger partial charge is 0.426 e. The van der Waals surface area contributed by atoms with Gasteiger partial charge in [0, 0.05) is 6.07 Å². The molecule has 2 aliphatic rings. The first kappa shape index (κ1) is 23.3. The number of benzene rings is 2. The van der Waals surface area contributed by atoms with Crippen molar-refractivity contribution in [3.8, 4) is 5.75 Å². The fourth-order valence-corrected chi connectivity index (χ4v) is 6.00. The summed E-state index contributed by atoms with van der Waals surface area (Å²) in [5, 5.41) is 0.0366. The maximum Gasteiger partial charge on any atom is 0.314 e. The SMILES string of the molecule is CC(CC1CCC(C2CCC(C(=O)Oc3ccc(Cl)c(F)c3)CC2)CC1)c1ccccc1. The van der Waals surface area contributed by atoms with Crippen LogP contribution in [0.2, 0.25) is 5.02 Å². The Balaban J connectivity index is 1.19. The Kier molecular flexibility index (Phi) is 7.88. The van der Waals surface area contributed by atoms with E-state index in [1.807, 2.05) is 0 Å². The number of carbonyl (C=O) groups excluding carboxylic acids is 1. The molecule has 2 nitrogen and oxygen atoms in total. The number of halogens is 2. The third-order valence-corrected chi connectivity index (χ3v) is 8.13. The van der Waals surface area contributed by atoms with Crippen LogP contribution in [0.15, 0.2) is 48.5 Å². The van der Waals surface area contributed by atoms with Crippen molar-refractivity contribution in [3.05, 3.63) is 64.9 Å². The Hall–Kier alpha value is -1.87. The van der Waals surface area contributed by atoms with Crippen LogP contribution in [0.25, 0.3) is 0 Å². The van der Waals surface area contributed by atoms with Gasteiger partial charge < -0.3 is 4.74 Å². The van der Waals surface area contributed by atoms with E-state index < -0.39 is 5.82 Å². The fraction of sp³-hybridized carbons (Fsp3) is 0.536. The van der Waals surface area contributed by atoms with Crippen LogP contribution in [0.5, 0.6) is 5.75 Å². The zero-order chi connectivity index (χ0) is 22.5. The average Bonchev–Trinajstić information content (AvgIpc) is 2.82. The van der Waals surface area contributed by atoms with Gasteiger partial charge in [-0.2, -0.15) is 0 Å². The van der Waals surface area contributed by atoms with Crippen molar-refractivity contribution in [2.45, 2.75) is 70.6 Å². The highest BCUT2D eigenvalue weighted by Gasteiger charge is 2.34. The molecule has 172 valence electrons. The Labute approximate surface area is 196 Å². The minimum Gasteiger partial charge on any atom is -0.426 e. The Morgan fingerprint density at radius 3 is 2.22 bits per heavy atom. The van der Waals surface area contributed by atoms with Gasteiger partial charge in [-0.15, -0.1) is 0 Å². The van der Waals surface area contributed by atoms with Crippen LogP contribution in [-0.4, -0.2) is 5.97 Å². The van der Waals surface area contributed by atoms with Gasteiger partial charge in [-0.3, -0.25) is 4.79 Å². The molecule has 32 heavy (non-hydrogen) atoms. The third kappa shape index (κ3) is 5.92. The van der Waals surface area contributed by atoms with Crippen molar-refractivity contribution in [2.75, 3.05) is 0 Å². The molecule has 2 aromatic carbocycles. The Morgan fingerprint density at radius 2 is 1.59 bits per heavy atom. The first-order valence-corrected chi connectivity index (χ1v) is 12.6. The summed E-state index contributed by atoms with van der Waals surface area (Å²) in [6.07, 6.45) is 10.6. The lowest BCUT2D eigenvalue weighted by Gasteiger charge is -2.38. The molecule has 0 heterocycles. The standard InChI is InChI=1S/C28H34ClFO2/c1-19(21-5-3-2-4-6-21)17-20-7-9-22(10-8-20)23-11-13-24(14-12-23)28(31)32-25-15-16-26(29)27(30)18-25/h2-6,15-16,18-20,22-24H,7-14,17H2,1H3. The number of esters is 1. The highest BCUT2D eigenvalue weighted by molar-refractivity contribution is 6.30. The van der Waals surface area contributed by atoms with Gasteiger partial charge in [0.15, 0.2) is 0 Å². The number of hydrogen-bond donors (Lipinski definition) is 0. The molecule has 1 atom stereocenters. The molecule has 0 bridgehead atoms. The van der Waals surface area contributed by atoms with Gasteiger partial charge >= 0.3 is 5.97 Å². The summed E-state index contributed by atoms with van der Waals surface area (Å²) in [6, 6.07) is 15.0. The molecule has 0 aliphatic heterocycles. The number of ether oxygens (including phenoxy) is 1. The van der Waals surface area contributed by atoms with Crippen LogP contribution in [-0.2, 0) is 4.79 Å². The molecular weight excluding hydrogens is 423 g/mol. The summed E-state index contributed by atoms with van der Waals surface area (Å²) >= 11 is 5.70. The van der Waals surface area contributed by atoms with Crippen molar-refractivity contribution in [3.63, 3.8) is 0 Å². The van der Waals surface area contributed by atoms with E-state index in [-0.39, 0.29) is 22.7 Å². The van der Waals surface area contributed by atoms with Crippen molar-refractivity contribution in [2.24, 2.45) is 23.7 Å². The maximum atomic E-state index is 13.6. The monoisotopic (exact) mass is 456 g/mol. The summed E-state index contributed by atoms with van der Waals surface area (Å²) < 4.78 is 19.0. The van der Waals surface area contributed by atoms with E-state index in [4.69, 9.17) is 16.3 Å². The van der Waals surface area contributed by atoms with E-state index in [2.05, 4.69) is 37.3 Å². The number of carbonyl (C=O) groups is 1. The second-order valence-electron chi connectivity index (χ2n) is 9.94. The quantitative estimate of drug-likeness (QED) is 0.323. The predicted octanol–water partition coefficient (Wildman–Crippen LogP) is 8.19. The lowest BCUT2D eigenvalue weighted by Crippen LogP contribution is -2.30. The van der Waals surface area contributed by atoms with Gasteiger partial charge in [-0.05, 0) is 86.3 Å². The van der Waals surface area contributed by atoms with E-state index >= 15 is 0 Å². The maximum absolute atomic E-state index is 13.6. The zero-order valence-electron chi connectivity index (χ0n) is 18.9. The summed E-state index contributed by atoms with van der Waals surface area (Å²) in [6.45, 7) is 2.36. The van der Waals surface area contributed by atoms with Crippen molar-refractivity contribution < 1.29 is 13.9 Å². The smallest absolute Gasteiger partial charge is 0.314 e. The predicted molar refractivity (Wildman–Crippen MR) is 127 cm³/mol. The molecule has 0 spiro atoms. The zero-order valence-corrected chi connectivity index (χ0v) is 19.7. The molecule has 0 N–H and O–H groups in total. The van der Waals surface area contributed by atoms with Crippen LogP contribution < -0.4 is 4.74 Å². The van der Waals surface area contributed by atoms with Gasteiger partial charge in [-0.1, -0.05) is 61.7 Å². The molecule has 2 aliphatic carbocycles. The molecule has 0 amide bonds. The third-order valence-electron chi connectivity index (χ3n) is 7.83. The van der Waals surface area contributed by atoms with Crippen LogP contribution in [0.1, 0.15) is 76.2 Å². The normalized spacial score (nSPS) is 27.0. The Bertz CT molecular complexity index is 884. The van der Waals surface area contributed by atoms with E-state index in [0.29, 0.717) is 5.92 Å². The topological polar surface area (TPSA) is 26.3 Å². The molecule has 1 unspecified atom stereocenters. The Morgan fingerprint density at radius 1 is 0.969 bits per heavy atom. The summed E-state index contributed by atoms with van der Waals surface area (Å²) in [4.78, 5) is 12.5. The molecule has 0 aromatic heterocycles. The lowest BCUT2D eigenvalue weighted by molar-refractivity contribution is -0.140. The molecule has 0 radical (unpaired) electrons. The molecule has 2 saturated carbocycles. The number of rotatable bonds is 6. The van der Waals surface area contributed by atoms with Crippen molar-refractivity contribution in [1.82, 2.24) is 0 Å². The van der Waals surface area contributed by atoms with Gasteiger partial charge in [0.25, 0.3) is 0 Å². The van der Waals surface area contributed by atoms with Crippen LogP contribution >= 0.6 is 11.6 Å². The first-order valence-electron chi connectivity index (χ1n) is 12.2. The lowest BCUT2D eigenvalue weighted by atomic mass is 9.68. The molecule has 4 rings (SSSR count). The van der Waals surface area contributed by atoms with E-state index in [9.17, 15) is 9.18 Å². The van der Waals surface area contributed by atoms with Gasteiger partial charge in [-0.25, -0.2) is 4.39 Å². The second kappa shape index (κ2) is 10.8. The van der Waals surface area contributed by atoms with Crippen molar-refractivity contribution >= 4 is 17.6 Å². The van der Waals surface area contributed by atoms with E-state index in [1.165, 1.54) is 49.8 Å². The summed E-state index contributed by atoms with van der Waals surface area (Å²) in [5.74, 6) is 2.38. The molecule has 2 aromatic rings. The average molecular weight is 457 g/mol. The summed E-state index contributed by atoms with van der Waals surface area (Å²) in [7, 11) is 0. The minimum atomic E-state index is -0.561. The molecule has 2 fully saturated rings. The first-order chi connectivity index (χ1) is 15.5. The second-order valence-corrected chi connectivity index (χ2v) is 10.3. The fourth-order valence-electron chi connectivity index (χ4n) is 5.88. The molecular formula is C28H34ClFO2.